The first-order valence-corrected chi connectivity index (χ1v) is 10.9. The lowest BCUT2D eigenvalue weighted by Crippen LogP contribution is -2.24. The lowest BCUT2D eigenvalue weighted by atomic mass is 10.1. The molecule has 2 N–H and O–H groups in total. The molecule has 0 unspecified atom stereocenters. The van der Waals surface area contributed by atoms with Gasteiger partial charge >= 0.3 is 0 Å². The van der Waals surface area contributed by atoms with Crippen LogP contribution in [0.25, 0.3) is 0 Å². The van der Waals surface area contributed by atoms with E-state index in [1.165, 1.54) is 18.2 Å². The third-order valence-electron chi connectivity index (χ3n) is 4.14. The van der Waals surface area contributed by atoms with Crippen LogP contribution < -0.4 is 14.8 Å². The first kappa shape index (κ1) is 22.2. The Labute approximate surface area is 171 Å². The van der Waals surface area contributed by atoms with Gasteiger partial charge in [-0.3, -0.25) is 4.79 Å². The van der Waals surface area contributed by atoms with Gasteiger partial charge in [0.2, 0.25) is 10.0 Å². The van der Waals surface area contributed by atoms with Crippen LogP contribution in [0.2, 0.25) is 5.02 Å². The highest BCUT2D eigenvalue weighted by molar-refractivity contribution is 7.89. The smallest absolute Gasteiger partial charge is 0.262 e. The molecule has 0 saturated carbocycles. The highest BCUT2D eigenvalue weighted by Crippen LogP contribution is 2.27. The number of unbranched alkanes of at least 4 members (excludes halogenated alkanes) is 1. The fourth-order valence-electron chi connectivity index (χ4n) is 2.56. The molecule has 1 amide bonds. The van der Waals surface area contributed by atoms with Gasteiger partial charge in [-0.05, 0) is 49.6 Å². The molecule has 0 aliphatic carbocycles. The average Bonchev–Trinajstić information content (AvgIpc) is 2.64. The molecular weight excluding hydrogens is 400 g/mol. The summed E-state index contributed by atoms with van der Waals surface area (Å²) in [6.07, 6.45) is 1.64. The van der Waals surface area contributed by atoms with Crippen molar-refractivity contribution in [1.29, 1.82) is 0 Å². The Bertz CT molecular complexity index is 925. The summed E-state index contributed by atoms with van der Waals surface area (Å²) in [6, 6.07) is 9.90. The number of nitrogens with one attached hydrogen (secondary N) is 2. The second-order valence-electron chi connectivity index (χ2n) is 6.45. The lowest BCUT2D eigenvalue weighted by Gasteiger charge is -2.13. The zero-order chi connectivity index (χ0) is 20.7. The Hall–Kier alpha value is -2.09. The third-order valence-corrected chi connectivity index (χ3v) is 5.89. The van der Waals surface area contributed by atoms with Crippen LogP contribution in [0, 0.1) is 13.8 Å². The van der Waals surface area contributed by atoms with Crippen molar-refractivity contribution in [3.05, 3.63) is 52.5 Å². The van der Waals surface area contributed by atoms with Crippen molar-refractivity contribution in [2.45, 2.75) is 38.5 Å². The predicted molar refractivity (Wildman–Crippen MR) is 112 cm³/mol. The number of carbonyl (C=O) groups excluding carboxylic acids is 1. The van der Waals surface area contributed by atoms with Crippen molar-refractivity contribution in [1.82, 2.24) is 4.72 Å². The third kappa shape index (κ3) is 5.95. The van der Waals surface area contributed by atoms with E-state index in [2.05, 4.69) is 10.0 Å². The largest absolute Gasteiger partial charge is 0.482 e. The molecule has 0 bridgehead atoms. The summed E-state index contributed by atoms with van der Waals surface area (Å²) in [5.74, 6) is -0.0859. The van der Waals surface area contributed by atoms with Crippen LogP contribution in [0.15, 0.2) is 41.3 Å². The van der Waals surface area contributed by atoms with Crippen LogP contribution in [0.1, 0.15) is 30.9 Å². The number of sulfonamides is 1. The fraction of sp³-hybridized carbons (Fsp3) is 0.350. The highest BCUT2D eigenvalue weighted by atomic mass is 35.5. The number of carbonyl (C=O) groups is 1. The van der Waals surface area contributed by atoms with Crippen LogP contribution in [0.4, 0.5) is 5.69 Å². The van der Waals surface area contributed by atoms with Gasteiger partial charge in [-0.1, -0.05) is 43.1 Å². The molecular formula is C20H25ClN2O4S. The van der Waals surface area contributed by atoms with Crippen LogP contribution in [0.5, 0.6) is 5.75 Å². The van der Waals surface area contributed by atoms with E-state index in [0.717, 1.165) is 29.7 Å². The second kappa shape index (κ2) is 9.91. The van der Waals surface area contributed by atoms with Crippen molar-refractivity contribution in [2.75, 3.05) is 18.5 Å². The van der Waals surface area contributed by atoms with Gasteiger partial charge in [-0.15, -0.1) is 0 Å². The van der Waals surface area contributed by atoms with E-state index in [1.807, 2.05) is 39.0 Å². The molecule has 0 aromatic heterocycles. The van der Waals surface area contributed by atoms with E-state index >= 15 is 0 Å². The molecule has 2 rings (SSSR count). The maximum atomic E-state index is 12.2. The fourth-order valence-corrected chi connectivity index (χ4v) is 3.96. The first-order chi connectivity index (χ1) is 13.2. The summed E-state index contributed by atoms with van der Waals surface area (Å²) in [6.45, 7) is 5.93. The minimum absolute atomic E-state index is 0.0564. The molecule has 0 atom stereocenters. The van der Waals surface area contributed by atoms with Crippen LogP contribution in [-0.2, 0) is 14.8 Å². The van der Waals surface area contributed by atoms with E-state index in [0.29, 0.717) is 6.54 Å². The number of amides is 1. The minimum atomic E-state index is -3.62. The zero-order valence-electron chi connectivity index (χ0n) is 16.2. The monoisotopic (exact) mass is 424 g/mol. The van der Waals surface area contributed by atoms with Crippen LogP contribution >= 0.6 is 11.6 Å². The molecule has 2 aromatic carbocycles. The van der Waals surface area contributed by atoms with Crippen molar-refractivity contribution in [2.24, 2.45) is 0 Å². The van der Waals surface area contributed by atoms with E-state index in [1.54, 1.807) is 0 Å². The molecule has 152 valence electrons. The van der Waals surface area contributed by atoms with Gasteiger partial charge in [0.1, 0.15) is 5.75 Å². The molecule has 6 nitrogen and oxygen atoms in total. The molecule has 28 heavy (non-hydrogen) atoms. The maximum absolute atomic E-state index is 12.2. The van der Waals surface area contributed by atoms with E-state index < -0.39 is 10.0 Å². The van der Waals surface area contributed by atoms with Gasteiger partial charge < -0.3 is 10.1 Å². The lowest BCUT2D eigenvalue weighted by molar-refractivity contribution is -0.118. The van der Waals surface area contributed by atoms with Gasteiger partial charge in [-0.25, -0.2) is 13.1 Å². The van der Waals surface area contributed by atoms with Crippen molar-refractivity contribution in [3.63, 3.8) is 0 Å². The summed E-state index contributed by atoms with van der Waals surface area (Å²) in [7, 11) is -3.62. The van der Waals surface area contributed by atoms with Gasteiger partial charge in [0.05, 0.1) is 9.92 Å². The minimum Gasteiger partial charge on any atom is -0.482 e. The predicted octanol–water partition coefficient (Wildman–Crippen LogP) is 4.05. The molecule has 0 heterocycles. The standard InChI is InChI=1S/C20H25ClN2O4S/c1-4-5-11-22-28(25,26)16-9-10-18(17(21)12-16)27-13-19(24)23-20-14(2)7-6-8-15(20)3/h6-10,12,22H,4-5,11,13H2,1-3H3,(H,23,24). The van der Waals surface area contributed by atoms with Gasteiger partial charge in [0.15, 0.2) is 6.61 Å². The molecule has 0 fully saturated rings. The zero-order valence-corrected chi connectivity index (χ0v) is 17.8. The number of rotatable bonds is 9. The summed E-state index contributed by atoms with van der Waals surface area (Å²) < 4.78 is 32.4. The number of halogens is 1. The van der Waals surface area contributed by atoms with Crippen molar-refractivity contribution in [3.8, 4) is 5.75 Å². The van der Waals surface area contributed by atoms with Crippen LogP contribution in [0.3, 0.4) is 0 Å². The molecule has 0 aliphatic rings. The summed E-state index contributed by atoms with van der Waals surface area (Å²) in [5, 5.41) is 2.94. The van der Waals surface area contributed by atoms with Gasteiger partial charge in [-0.2, -0.15) is 0 Å². The second-order valence-corrected chi connectivity index (χ2v) is 8.62. The Balaban J connectivity index is 2.00. The highest BCUT2D eigenvalue weighted by Gasteiger charge is 2.16. The number of ether oxygens (including phenoxy) is 1. The molecule has 0 spiro atoms. The quantitative estimate of drug-likeness (QED) is 0.594. The molecule has 0 radical (unpaired) electrons. The Morgan fingerprint density at radius 3 is 2.43 bits per heavy atom. The van der Waals surface area contributed by atoms with E-state index in [-0.39, 0.29) is 28.2 Å². The first-order valence-electron chi connectivity index (χ1n) is 9.02. The topological polar surface area (TPSA) is 84.5 Å². The number of hydrogen-bond donors (Lipinski definition) is 2. The molecule has 2 aromatic rings. The molecule has 0 aliphatic heterocycles. The van der Waals surface area contributed by atoms with Gasteiger partial charge in [0, 0.05) is 12.2 Å². The summed E-state index contributed by atoms with van der Waals surface area (Å²) >= 11 is 6.14. The number of para-hydroxylation sites is 1. The summed E-state index contributed by atoms with van der Waals surface area (Å²) in [5.41, 5.74) is 2.66. The molecule has 8 heteroatoms. The normalized spacial score (nSPS) is 11.3. The van der Waals surface area contributed by atoms with Crippen molar-refractivity contribution >= 4 is 33.2 Å². The van der Waals surface area contributed by atoms with Crippen molar-refractivity contribution < 1.29 is 17.9 Å². The SMILES string of the molecule is CCCCNS(=O)(=O)c1ccc(OCC(=O)Nc2c(C)cccc2C)c(Cl)c1. The Kier molecular flexibility index (Phi) is 7.86. The van der Waals surface area contributed by atoms with Crippen LogP contribution in [-0.4, -0.2) is 27.5 Å². The number of anilines is 1. The van der Waals surface area contributed by atoms with E-state index in [4.69, 9.17) is 16.3 Å². The van der Waals surface area contributed by atoms with Gasteiger partial charge in [0.25, 0.3) is 5.91 Å². The molecule has 0 saturated heterocycles. The number of aryl methyl sites for hydroxylation is 2. The summed E-state index contributed by atoms with van der Waals surface area (Å²) in [4.78, 5) is 12.2. The maximum Gasteiger partial charge on any atom is 0.262 e. The number of benzene rings is 2. The number of hydrogen-bond acceptors (Lipinski definition) is 4. The average molecular weight is 425 g/mol. The Morgan fingerprint density at radius 2 is 1.82 bits per heavy atom. The Morgan fingerprint density at radius 1 is 1.14 bits per heavy atom. The van der Waals surface area contributed by atoms with E-state index in [9.17, 15) is 13.2 Å².